The molecule has 3 nitrogen and oxygen atoms in total. The maximum absolute atomic E-state index is 8.59. The summed E-state index contributed by atoms with van der Waals surface area (Å²) in [5.74, 6) is 0. The average Bonchev–Trinajstić information content (AvgIpc) is 2.71. The van der Waals surface area contributed by atoms with Crippen LogP contribution in [0.2, 0.25) is 5.02 Å². The molecular formula is C11H15ClN2O. The molecule has 0 unspecified atom stereocenters. The van der Waals surface area contributed by atoms with Crippen LogP contribution in [0.3, 0.4) is 0 Å². The minimum Gasteiger partial charge on any atom is -0.370 e. The Bertz CT molecular complexity index is 337. The highest BCUT2D eigenvalue weighted by Crippen LogP contribution is 2.29. The first-order chi connectivity index (χ1) is 7.31. The molecule has 1 aromatic carbocycles. The lowest BCUT2D eigenvalue weighted by atomic mass is 10.2. The van der Waals surface area contributed by atoms with Crippen molar-refractivity contribution in [3.8, 4) is 0 Å². The SMILES string of the molecule is ONCc1ccc(N2CCCC2)c(Cl)c1. The van der Waals surface area contributed by atoms with E-state index in [1.54, 1.807) is 0 Å². The molecule has 0 radical (unpaired) electrons. The van der Waals surface area contributed by atoms with E-state index in [0.717, 1.165) is 29.4 Å². The maximum atomic E-state index is 8.59. The highest BCUT2D eigenvalue weighted by molar-refractivity contribution is 6.33. The van der Waals surface area contributed by atoms with Crippen molar-refractivity contribution < 1.29 is 5.21 Å². The van der Waals surface area contributed by atoms with Gasteiger partial charge in [-0.05, 0) is 30.5 Å². The second kappa shape index (κ2) is 4.84. The lowest BCUT2D eigenvalue weighted by Crippen LogP contribution is -2.18. The lowest BCUT2D eigenvalue weighted by molar-refractivity contribution is 0.161. The van der Waals surface area contributed by atoms with Crippen molar-refractivity contribution in [2.24, 2.45) is 0 Å². The summed E-state index contributed by atoms with van der Waals surface area (Å²) in [4.78, 5) is 2.30. The van der Waals surface area contributed by atoms with Gasteiger partial charge in [0.05, 0.1) is 10.7 Å². The van der Waals surface area contributed by atoms with Gasteiger partial charge in [0.2, 0.25) is 0 Å². The summed E-state index contributed by atoms with van der Waals surface area (Å²) in [6.45, 7) is 2.62. The monoisotopic (exact) mass is 226 g/mol. The van der Waals surface area contributed by atoms with Crippen LogP contribution in [0, 0.1) is 0 Å². The zero-order chi connectivity index (χ0) is 10.7. The van der Waals surface area contributed by atoms with Gasteiger partial charge < -0.3 is 10.1 Å². The summed E-state index contributed by atoms with van der Waals surface area (Å²) in [5.41, 5.74) is 4.23. The second-order valence-corrected chi connectivity index (χ2v) is 4.22. The predicted molar refractivity (Wildman–Crippen MR) is 61.5 cm³/mol. The highest BCUT2D eigenvalue weighted by Gasteiger charge is 2.14. The molecule has 1 fully saturated rings. The summed E-state index contributed by atoms with van der Waals surface area (Å²) < 4.78 is 0. The van der Waals surface area contributed by atoms with Crippen molar-refractivity contribution in [1.29, 1.82) is 0 Å². The normalized spacial score (nSPS) is 16.0. The molecule has 82 valence electrons. The highest BCUT2D eigenvalue weighted by atomic mass is 35.5. The molecule has 15 heavy (non-hydrogen) atoms. The van der Waals surface area contributed by atoms with Crippen molar-refractivity contribution in [3.05, 3.63) is 28.8 Å². The fraction of sp³-hybridized carbons (Fsp3) is 0.455. The molecule has 1 heterocycles. The molecule has 2 N–H and O–H groups in total. The Kier molecular flexibility index (Phi) is 3.46. The van der Waals surface area contributed by atoms with E-state index in [9.17, 15) is 0 Å². The molecular weight excluding hydrogens is 212 g/mol. The average molecular weight is 227 g/mol. The quantitative estimate of drug-likeness (QED) is 0.778. The van der Waals surface area contributed by atoms with Gasteiger partial charge in [0.15, 0.2) is 0 Å². The van der Waals surface area contributed by atoms with Crippen LogP contribution in [0.25, 0.3) is 0 Å². The first kappa shape index (κ1) is 10.7. The van der Waals surface area contributed by atoms with Gasteiger partial charge in [-0.15, -0.1) is 0 Å². The molecule has 0 amide bonds. The minimum absolute atomic E-state index is 0.431. The zero-order valence-corrected chi connectivity index (χ0v) is 9.30. The van der Waals surface area contributed by atoms with Gasteiger partial charge in [-0.1, -0.05) is 17.7 Å². The standard InChI is InChI=1S/C11H15ClN2O/c12-10-7-9(8-13-15)3-4-11(10)14-5-1-2-6-14/h3-4,7,13,15H,1-2,5-6,8H2. The number of benzene rings is 1. The molecule has 0 atom stereocenters. The summed E-state index contributed by atoms with van der Waals surface area (Å²) in [7, 11) is 0. The molecule has 1 aromatic rings. The van der Waals surface area contributed by atoms with Gasteiger partial charge in [-0.3, -0.25) is 0 Å². The van der Waals surface area contributed by atoms with Crippen LogP contribution >= 0.6 is 11.6 Å². The van der Waals surface area contributed by atoms with Crippen LogP contribution in [0.15, 0.2) is 18.2 Å². The maximum Gasteiger partial charge on any atom is 0.0642 e. The number of halogens is 1. The van der Waals surface area contributed by atoms with Crippen molar-refractivity contribution in [3.63, 3.8) is 0 Å². The molecule has 0 bridgehead atoms. The molecule has 1 aliphatic rings. The summed E-state index contributed by atoms with van der Waals surface area (Å²) in [5, 5.41) is 9.36. The molecule has 0 aromatic heterocycles. The summed E-state index contributed by atoms with van der Waals surface area (Å²) in [6, 6.07) is 5.92. The Morgan fingerprint density at radius 1 is 1.33 bits per heavy atom. The van der Waals surface area contributed by atoms with Crippen LogP contribution in [0.4, 0.5) is 5.69 Å². The topological polar surface area (TPSA) is 35.5 Å². The Labute approximate surface area is 94.6 Å². The number of hydrogen-bond acceptors (Lipinski definition) is 3. The van der Waals surface area contributed by atoms with E-state index in [1.807, 2.05) is 18.2 Å². The third kappa shape index (κ3) is 2.43. The first-order valence-electron chi connectivity index (χ1n) is 5.21. The smallest absolute Gasteiger partial charge is 0.0642 e. The zero-order valence-electron chi connectivity index (χ0n) is 8.54. The van der Waals surface area contributed by atoms with Gasteiger partial charge in [0.25, 0.3) is 0 Å². The van der Waals surface area contributed by atoms with E-state index in [1.165, 1.54) is 12.8 Å². The van der Waals surface area contributed by atoms with Gasteiger partial charge in [-0.2, -0.15) is 0 Å². The van der Waals surface area contributed by atoms with Gasteiger partial charge in [0, 0.05) is 19.6 Å². The largest absolute Gasteiger partial charge is 0.370 e. The molecule has 4 heteroatoms. The lowest BCUT2D eigenvalue weighted by Gasteiger charge is -2.19. The van der Waals surface area contributed by atoms with E-state index >= 15 is 0 Å². The van der Waals surface area contributed by atoms with Crippen LogP contribution < -0.4 is 10.4 Å². The number of rotatable bonds is 3. The fourth-order valence-electron chi connectivity index (χ4n) is 1.97. The Morgan fingerprint density at radius 2 is 2.07 bits per heavy atom. The Balaban J connectivity index is 2.18. The first-order valence-corrected chi connectivity index (χ1v) is 5.59. The van der Waals surface area contributed by atoms with Crippen LogP contribution in [-0.2, 0) is 6.54 Å². The summed E-state index contributed by atoms with van der Waals surface area (Å²) >= 11 is 6.19. The predicted octanol–water partition coefficient (Wildman–Crippen LogP) is 2.42. The van der Waals surface area contributed by atoms with Crippen molar-refractivity contribution >= 4 is 17.3 Å². The number of hydrogen-bond donors (Lipinski definition) is 2. The Hall–Kier alpha value is -0.770. The van der Waals surface area contributed by atoms with E-state index < -0.39 is 0 Å². The molecule has 2 rings (SSSR count). The Morgan fingerprint density at radius 3 is 2.67 bits per heavy atom. The van der Waals surface area contributed by atoms with E-state index in [0.29, 0.717) is 6.54 Å². The van der Waals surface area contributed by atoms with Gasteiger partial charge in [-0.25, -0.2) is 5.48 Å². The number of hydroxylamine groups is 1. The van der Waals surface area contributed by atoms with E-state index in [2.05, 4.69) is 10.4 Å². The third-order valence-electron chi connectivity index (χ3n) is 2.74. The summed E-state index contributed by atoms with van der Waals surface area (Å²) in [6.07, 6.45) is 2.49. The molecule has 1 aliphatic heterocycles. The molecule has 1 saturated heterocycles. The van der Waals surface area contributed by atoms with Crippen molar-refractivity contribution in [2.45, 2.75) is 19.4 Å². The fourth-order valence-corrected chi connectivity index (χ4v) is 2.29. The van der Waals surface area contributed by atoms with Crippen LogP contribution in [-0.4, -0.2) is 18.3 Å². The van der Waals surface area contributed by atoms with Crippen molar-refractivity contribution in [1.82, 2.24) is 5.48 Å². The van der Waals surface area contributed by atoms with Crippen LogP contribution in [0.5, 0.6) is 0 Å². The van der Waals surface area contributed by atoms with Crippen molar-refractivity contribution in [2.75, 3.05) is 18.0 Å². The number of anilines is 1. The van der Waals surface area contributed by atoms with Gasteiger partial charge >= 0.3 is 0 Å². The number of nitrogens with zero attached hydrogens (tertiary/aromatic N) is 1. The van der Waals surface area contributed by atoms with Crippen LogP contribution in [0.1, 0.15) is 18.4 Å². The molecule has 0 spiro atoms. The minimum atomic E-state index is 0.431. The second-order valence-electron chi connectivity index (χ2n) is 3.81. The van der Waals surface area contributed by atoms with Gasteiger partial charge in [0.1, 0.15) is 0 Å². The van der Waals surface area contributed by atoms with E-state index in [4.69, 9.17) is 16.8 Å². The molecule has 0 aliphatic carbocycles. The molecule has 0 saturated carbocycles. The third-order valence-corrected chi connectivity index (χ3v) is 3.04. The van der Waals surface area contributed by atoms with E-state index in [-0.39, 0.29) is 0 Å². The number of nitrogens with one attached hydrogen (secondary N) is 1.